The van der Waals surface area contributed by atoms with Crippen molar-refractivity contribution >= 4 is 17.5 Å². The molecular weight excluding hydrogens is 360 g/mol. The number of piperidine rings is 1. The van der Waals surface area contributed by atoms with Gasteiger partial charge < -0.3 is 24.4 Å². The molecular formula is C20H24N4O4. The molecule has 8 nitrogen and oxygen atoms in total. The maximum atomic E-state index is 12.7. The fourth-order valence-corrected chi connectivity index (χ4v) is 3.45. The van der Waals surface area contributed by atoms with E-state index in [1.165, 1.54) is 0 Å². The van der Waals surface area contributed by atoms with Crippen molar-refractivity contribution < 1.29 is 19.0 Å². The van der Waals surface area contributed by atoms with Crippen LogP contribution in [0.25, 0.3) is 0 Å². The third-order valence-electron chi connectivity index (χ3n) is 4.95. The monoisotopic (exact) mass is 384 g/mol. The van der Waals surface area contributed by atoms with E-state index < -0.39 is 5.79 Å². The molecule has 4 rings (SSSR count). The van der Waals surface area contributed by atoms with E-state index in [0.717, 1.165) is 11.4 Å². The second-order valence-electron chi connectivity index (χ2n) is 6.78. The van der Waals surface area contributed by atoms with Gasteiger partial charge in [-0.3, -0.25) is 4.79 Å². The summed E-state index contributed by atoms with van der Waals surface area (Å²) in [5.74, 6) is 0.692. The van der Waals surface area contributed by atoms with Crippen molar-refractivity contribution in [3.63, 3.8) is 0 Å². The number of likely N-dealkylation sites (tertiary alicyclic amines) is 1. The summed E-state index contributed by atoms with van der Waals surface area (Å²) >= 11 is 0. The van der Waals surface area contributed by atoms with Crippen LogP contribution in [0.2, 0.25) is 0 Å². The van der Waals surface area contributed by atoms with E-state index in [1.54, 1.807) is 17.3 Å². The van der Waals surface area contributed by atoms with Crippen molar-refractivity contribution in [2.75, 3.05) is 38.2 Å². The highest BCUT2D eigenvalue weighted by atomic mass is 16.7. The Labute approximate surface area is 163 Å². The summed E-state index contributed by atoms with van der Waals surface area (Å²) in [6.07, 6.45) is 4.49. The molecule has 2 aliphatic rings. The van der Waals surface area contributed by atoms with E-state index in [-0.39, 0.29) is 5.91 Å². The zero-order valence-electron chi connectivity index (χ0n) is 15.9. The zero-order valence-corrected chi connectivity index (χ0v) is 15.9. The van der Waals surface area contributed by atoms with Crippen LogP contribution in [0.5, 0.6) is 5.75 Å². The normalized spacial score (nSPS) is 18.2. The quantitative estimate of drug-likeness (QED) is 0.848. The molecule has 148 valence electrons. The fourth-order valence-electron chi connectivity index (χ4n) is 3.45. The lowest BCUT2D eigenvalue weighted by Crippen LogP contribution is -2.47. The smallest absolute Gasteiger partial charge is 0.256 e. The molecule has 0 unspecified atom stereocenters. The number of carbonyl (C=O) groups excluding carboxylic acids is 1. The number of hydrogen-bond donors (Lipinski definition) is 1. The molecule has 2 fully saturated rings. The Morgan fingerprint density at radius 1 is 1.14 bits per heavy atom. The fraction of sp³-hybridized carbons (Fsp3) is 0.450. The van der Waals surface area contributed by atoms with Crippen LogP contribution in [-0.4, -0.2) is 59.5 Å². The summed E-state index contributed by atoms with van der Waals surface area (Å²) in [5.41, 5.74) is 1.32. The van der Waals surface area contributed by atoms with E-state index in [9.17, 15) is 4.79 Å². The molecule has 1 aromatic heterocycles. The van der Waals surface area contributed by atoms with Crippen molar-refractivity contribution in [1.29, 1.82) is 0 Å². The van der Waals surface area contributed by atoms with E-state index in [2.05, 4.69) is 15.3 Å². The maximum Gasteiger partial charge on any atom is 0.256 e. The van der Waals surface area contributed by atoms with Gasteiger partial charge in [0.05, 0.1) is 25.4 Å². The van der Waals surface area contributed by atoms with Gasteiger partial charge in [0.15, 0.2) is 5.79 Å². The highest BCUT2D eigenvalue weighted by Gasteiger charge is 2.40. The molecule has 1 aromatic carbocycles. The Hall–Kier alpha value is -2.71. The van der Waals surface area contributed by atoms with E-state index in [0.29, 0.717) is 57.3 Å². The molecule has 1 spiro atoms. The van der Waals surface area contributed by atoms with Crippen LogP contribution in [0, 0.1) is 0 Å². The van der Waals surface area contributed by atoms with E-state index in [1.807, 2.05) is 31.2 Å². The van der Waals surface area contributed by atoms with Crippen LogP contribution < -0.4 is 10.1 Å². The lowest BCUT2D eigenvalue weighted by molar-refractivity contribution is -0.181. The van der Waals surface area contributed by atoms with Gasteiger partial charge >= 0.3 is 0 Å². The van der Waals surface area contributed by atoms with Crippen LogP contribution in [0.15, 0.2) is 36.7 Å². The third-order valence-corrected chi connectivity index (χ3v) is 4.95. The largest absolute Gasteiger partial charge is 0.494 e. The van der Waals surface area contributed by atoms with Crippen molar-refractivity contribution in [1.82, 2.24) is 14.9 Å². The molecule has 2 aromatic rings. The maximum absolute atomic E-state index is 12.7. The number of aromatic nitrogens is 2. The predicted octanol–water partition coefficient (Wildman–Crippen LogP) is 2.60. The first-order valence-electron chi connectivity index (χ1n) is 9.57. The summed E-state index contributed by atoms with van der Waals surface area (Å²) in [6.45, 7) is 5.04. The number of carbonyl (C=O) groups is 1. The van der Waals surface area contributed by atoms with Crippen LogP contribution in [0.3, 0.4) is 0 Å². The molecule has 0 aliphatic carbocycles. The number of nitrogens with one attached hydrogen (secondary N) is 1. The van der Waals surface area contributed by atoms with Crippen LogP contribution >= 0.6 is 0 Å². The highest BCUT2D eigenvalue weighted by Crippen LogP contribution is 2.31. The highest BCUT2D eigenvalue weighted by molar-refractivity contribution is 5.93. The van der Waals surface area contributed by atoms with Crippen LogP contribution in [0.4, 0.5) is 11.6 Å². The van der Waals surface area contributed by atoms with Gasteiger partial charge in [-0.15, -0.1) is 0 Å². The molecule has 0 bridgehead atoms. The number of benzene rings is 1. The Bertz CT molecular complexity index is 794. The van der Waals surface area contributed by atoms with Crippen LogP contribution in [-0.2, 0) is 9.47 Å². The first kappa shape index (κ1) is 18.6. The van der Waals surface area contributed by atoms with Crippen LogP contribution in [0.1, 0.15) is 30.1 Å². The Balaban J connectivity index is 1.34. The SMILES string of the molecule is CCOc1ccc(Nc2ncc(C(=O)N3CCC4(CC3)OCCO4)cn2)cc1. The molecule has 2 aliphatic heterocycles. The first-order valence-corrected chi connectivity index (χ1v) is 9.57. The zero-order chi connectivity index (χ0) is 19.4. The van der Waals surface area contributed by atoms with Crippen molar-refractivity contribution in [3.8, 4) is 5.75 Å². The second-order valence-corrected chi connectivity index (χ2v) is 6.78. The van der Waals surface area contributed by atoms with Crippen molar-refractivity contribution in [2.24, 2.45) is 0 Å². The summed E-state index contributed by atoms with van der Waals surface area (Å²) in [7, 11) is 0. The lowest BCUT2D eigenvalue weighted by atomic mass is 10.0. The van der Waals surface area contributed by atoms with Gasteiger partial charge in [-0.25, -0.2) is 9.97 Å². The van der Waals surface area contributed by atoms with E-state index in [4.69, 9.17) is 14.2 Å². The summed E-state index contributed by atoms with van der Waals surface area (Å²) in [4.78, 5) is 23.0. The summed E-state index contributed by atoms with van der Waals surface area (Å²) in [6, 6.07) is 7.55. The molecule has 0 saturated carbocycles. The Morgan fingerprint density at radius 2 is 1.79 bits per heavy atom. The van der Waals surface area contributed by atoms with Gasteiger partial charge in [0.1, 0.15) is 5.75 Å². The Morgan fingerprint density at radius 3 is 2.39 bits per heavy atom. The molecule has 2 saturated heterocycles. The molecule has 8 heteroatoms. The summed E-state index contributed by atoms with van der Waals surface area (Å²) in [5, 5.41) is 3.12. The minimum absolute atomic E-state index is 0.0690. The number of ether oxygens (including phenoxy) is 3. The van der Waals surface area contributed by atoms with E-state index >= 15 is 0 Å². The average molecular weight is 384 g/mol. The standard InChI is InChI=1S/C20H24N4O4/c1-2-26-17-5-3-16(4-6-17)23-19-21-13-15(14-22-19)18(25)24-9-7-20(8-10-24)27-11-12-28-20/h3-6,13-14H,2,7-12H2,1H3,(H,21,22,23). The van der Waals surface area contributed by atoms with Gasteiger partial charge in [-0.2, -0.15) is 0 Å². The van der Waals surface area contributed by atoms with Crippen molar-refractivity contribution in [2.45, 2.75) is 25.6 Å². The topological polar surface area (TPSA) is 85.8 Å². The number of rotatable bonds is 5. The number of amides is 1. The lowest BCUT2D eigenvalue weighted by Gasteiger charge is -2.37. The summed E-state index contributed by atoms with van der Waals surface area (Å²) < 4.78 is 16.8. The predicted molar refractivity (Wildman–Crippen MR) is 103 cm³/mol. The average Bonchev–Trinajstić information content (AvgIpc) is 3.18. The van der Waals surface area contributed by atoms with Gasteiger partial charge in [-0.05, 0) is 31.2 Å². The number of hydrogen-bond acceptors (Lipinski definition) is 7. The van der Waals surface area contributed by atoms with Gasteiger partial charge in [0.2, 0.25) is 5.95 Å². The minimum atomic E-state index is -0.487. The molecule has 3 heterocycles. The molecule has 28 heavy (non-hydrogen) atoms. The van der Waals surface area contributed by atoms with Gasteiger partial charge in [0.25, 0.3) is 5.91 Å². The van der Waals surface area contributed by atoms with Gasteiger partial charge in [0, 0.05) is 44.0 Å². The first-order chi connectivity index (χ1) is 13.7. The molecule has 1 amide bonds. The second kappa shape index (κ2) is 8.12. The Kier molecular flexibility index (Phi) is 5.40. The molecule has 0 atom stereocenters. The number of nitrogens with zero attached hydrogens (tertiary/aromatic N) is 3. The van der Waals surface area contributed by atoms with Crippen molar-refractivity contribution in [3.05, 3.63) is 42.2 Å². The third kappa shape index (κ3) is 4.07. The van der Waals surface area contributed by atoms with Gasteiger partial charge in [-0.1, -0.05) is 0 Å². The molecule has 0 radical (unpaired) electrons. The minimum Gasteiger partial charge on any atom is -0.494 e. The number of anilines is 2. The molecule has 1 N–H and O–H groups in total.